The Morgan fingerprint density at radius 2 is 1.89 bits per heavy atom. The third kappa shape index (κ3) is 3.15. The van der Waals surface area contributed by atoms with Crippen molar-refractivity contribution in [2.45, 2.75) is 26.8 Å². The molecule has 0 unspecified atom stereocenters. The van der Waals surface area contributed by atoms with E-state index in [1.54, 1.807) is 32.0 Å². The second kappa shape index (κ2) is 6.92. The van der Waals surface area contributed by atoms with Crippen molar-refractivity contribution in [3.05, 3.63) is 63.0 Å². The van der Waals surface area contributed by atoms with Gasteiger partial charge in [0.1, 0.15) is 11.3 Å². The molecule has 144 valence electrons. The molecule has 1 aliphatic heterocycles. The van der Waals surface area contributed by atoms with Crippen molar-refractivity contribution in [1.82, 2.24) is 5.32 Å². The number of phenolic OH excluding ortho intramolecular Hbond substituents is 1. The lowest BCUT2D eigenvalue weighted by Crippen LogP contribution is -2.27. The summed E-state index contributed by atoms with van der Waals surface area (Å²) in [6.07, 6.45) is -0.0887. The average Bonchev–Trinajstić information content (AvgIpc) is 3.14. The first kappa shape index (κ1) is 17.9. The highest BCUT2D eigenvalue weighted by molar-refractivity contribution is 5.87. The van der Waals surface area contributed by atoms with Crippen LogP contribution in [0.25, 0.3) is 11.0 Å². The number of ether oxygens (including phenoxy) is 2. The lowest BCUT2D eigenvalue weighted by molar-refractivity contribution is -0.120. The van der Waals surface area contributed by atoms with Gasteiger partial charge in [0.25, 0.3) is 0 Å². The number of hydrogen-bond acceptors (Lipinski definition) is 6. The van der Waals surface area contributed by atoms with Crippen LogP contribution in [0, 0.1) is 13.8 Å². The van der Waals surface area contributed by atoms with Gasteiger partial charge in [-0.2, -0.15) is 0 Å². The highest BCUT2D eigenvalue weighted by atomic mass is 16.7. The molecule has 3 aromatic rings. The molecule has 7 nitrogen and oxygen atoms in total. The number of amides is 1. The van der Waals surface area contributed by atoms with Crippen molar-refractivity contribution in [3.63, 3.8) is 0 Å². The van der Waals surface area contributed by atoms with Crippen molar-refractivity contribution >= 4 is 16.9 Å². The first-order valence-electron chi connectivity index (χ1n) is 8.84. The molecule has 1 aliphatic rings. The summed E-state index contributed by atoms with van der Waals surface area (Å²) in [6.45, 7) is 3.95. The first-order chi connectivity index (χ1) is 13.4. The maximum Gasteiger partial charge on any atom is 0.340 e. The van der Waals surface area contributed by atoms with E-state index in [0.717, 1.165) is 5.56 Å². The molecule has 2 aromatic carbocycles. The molecule has 0 fully saturated rings. The predicted molar refractivity (Wildman–Crippen MR) is 102 cm³/mol. The normalized spacial score (nSPS) is 12.4. The number of hydrogen-bond donors (Lipinski definition) is 2. The number of rotatable bonds is 4. The molecule has 2 heterocycles. The van der Waals surface area contributed by atoms with Crippen molar-refractivity contribution in [1.29, 1.82) is 0 Å². The van der Waals surface area contributed by atoms with Gasteiger partial charge >= 0.3 is 5.63 Å². The fourth-order valence-corrected chi connectivity index (χ4v) is 3.26. The van der Waals surface area contributed by atoms with E-state index >= 15 is 0 Å². The van der Waals surface area contributed by atoms with Gasteiger partial charge in [0.15, 0.2) is 11.5 Å². The van der Waals surface area contributed by atoms with E-state index in [1.165, 1.54) is 0 Å². The van der Waals surface area contributed by atoms with E-state index in [4.69, 9.17) is 13.9 Å². The molecule has 0 bridgehead atoms. The van der Waals surface area contributed by atoms with Gasteiger partial charge in [0.05, 0.1) is 12.0 Å². The van der Waals surface area contributed by atoms with E-state index in [1.807, 2.05) is 12.1 Å². The van der Waals surface area contributed by atoms with Crippen molar-refractivity contribution in [3.8, 4) is 17.2 Å². The van der Waals surface area contributed by atoms with E-state index < -0.39 is 5.63 Å². The lowest BCUT2D eigenvalue weighted by atomic mass is 10.0. The fraction of sp³-hybridized carbons (Fsp3) is 0.238. The highest BCUT2D eigenvalue weighted by Crippen LogP contribution is 2.32. The van der Waals surface area contributed by atoms with Crippen molar-refractivity contribution < 1.29 is 23.8 Å². The van der Waals surface area contributed by atoms with Gasteiger partial charge in [-0.05, 0) is 49.2 Å². The third-order valence-electron chi connectivity index (χ3n) is 4.94. The Labute approximate surface area is 160 Å². The molecule has 1 amide bonds. The molecule has 28 heavy (non-hydrogen) atoms. The number of aromatic hydroxyl groups is 1. The zero-order chi connectivity index (χ0) is 19.8. The second-order valence-electron chi connectivity index (χ2n) is 6.72. The van der Waals surface area contributed by atoms with Gasteiger partial charge in [-0.25, -0.2) is 4.79 Å². The molecular weight excluding hydrogens is 362 g/mol. The smallest absolute Gasteiger partial charge is 0.340 e. The van der Waals surface area contributed by atoms with Crippen LogP contribution in [0.1, 0.15) is 22.3 Å². The number of aryl methyl sites for hydroxylation is 2. The van der Waals surface area contributed by atoms with Crippen molar-refractivity contribution in [2.75, 3.05) is 6.79 Å². The fourth-order valence-electron chi connectivity index (χ4n) is 3.26. The van der Waals surface area contributed by atoms with Crippen LogP contribution >= 0.6 is 0 Å². The number of phenols is 1. The van der Waals surface area contributed by atoms with Gasteiger partial charge in [0, 0.05) is 17.5 Å². The van der Waals surface area contributed by atoms with Gasteiger partial charge in [0.2, 0.25) is 12.7 Å². The van der Waals surface area contributed by atoms with Crippen LogP contribution in [0.5, 0.6) is 17.2 Å². The summed E-state index contributed by atoms with van der Waals surface area (Å²) >= 11 is 0. The second-order valence-corrected chi connectivity index (χ2v) is 6.72. The Bertz CT molecular complexity index is 1150. The minimum Gasteiger partial charge on any atom is -0.508 e. The summed E-state index contributed by atoms with van der Waals surface area (Å²) in [5, 5.41) is 13.3. The zero-order valence-corrected chi connectivity index (χ0v) is 15.5. The minimum absolute atomic E-state index is 0.0595. The standard InChI is InChI=1S/C21H19NO6/c1-11-14-4-5-16(23)12(2)20(14)28-21(25)15(11)8-19(24)22-9-13-3-6-17-18(7-13)27-10-26-17/h3-7,23H,8-10H2,1-2H3,(H,22,24). The largest absolute Gasteiger partial charge is 0.508 e. The van der Waals surface area contributed by atoms with E-state index in [-0.39, 0.29) is 24.9 Å². The third-order valence-corrected chi connectivity index (χ3v) is 4.94. The molecular formula is C21H19NO6. The van der Waals surface area contributed by atoms with E-state index in [2.05, 4.69) is 5.32 Å². The molecule has 2 N–H and O–H groups in total. The Morgan fingerprint density at radius 3 is 2.71 bits per heavy atom. The molecule has 7 heteroatoms. The van der Waals surface area contributed by atoms with E-state index in [0.29, 0.717) is 45.7 Å². The van der Waals surface area contributed by atoms with Gasteiger partial charge in [-0.1, -0.05) is 6.07 Å². The number of carbonyl (C=O) groups excluding carboxylic acids is 1. The molecule has 0 saturated carbocycles. The minimum atomic E-state index is -0.572. The zero-order valence-electron chi connectivity index (χ0n) is 15.5. The van der Waals surface area contributed by atoms with Gasteiger partial charge < -0.3 is 24.3 Å². The molecule has 0 saturated heterocycles. The van der Waals surface area contributed by atoms with Crippen LogP contribution in [-0.4, -0.2) is 17.8 Å². The number of carbonyl (C=O) groups is 1. The monoisotopic (exact) mass is 381 g/mol. The number of nitrogens with one attached hydrogen (secondary N) is 1. The van der Waals surface area contributed by atoms with Crippen LogP contribution in [0.4, 0.5) is 0 Å². The van der Waals surface area contributed by atoms with Crippen LogP contribution in [0.2, 0.25) is 0 Å². The SMILES string of the molecule is Cc1c(CC(=O)NCc2ccc3c(c2)OCO3)c(=O)oc2c(C)c(O)ccc12. The first-order valence-corrected chi connectivity index (χ1v) is 8.84. The Hall–Kier alpha value is -3.48. The molecule has 0 spiro atoms. The Kier molecular flexibility index (Phi) is 4.43. The van der Waals surface area contributed by atoms with Crippen LogP contribution in [0.3, 0.4) is 0 Å². The summed E-state index contributed by atoms with van der Waals surface area (Å²) in [4.78, 5) is 24.8. The van der Waals surface area contributed by atoms with Crippen LogP contribution < -0.4 is 20.4 Å². The van der Waals surface area contributed by atoms with E-state index in [9.17, 15) is 14.7 Å². The Morgan fingerprint density at radius 1 is 1.11 bits per heavy atom. The maximum atomic E-state index is 12.4. The lowest BCUT2D eigenvalue weighted by Gasteiger charge is -2.10. The van der Waals surface area contributed by atoms with Crippen LogP contribution in [-0.2, 0) is 17.8 Å². The maximum absolute atomic E-state index is 12.4. The number of benzene rings is 2. The predicted octanol–water partition coefficient (Wildman–Crippen LogP) is 2.70. The topological polar surface area (TPSA) is 98.0 Å². The summed E-state index contributed by atoms with van der Waals surface area (Å²) < 4.78 is 16.0. The highest BCUT2D eigenvalue weighted by Gasteiger charge is 2.18. The van der Waals surface area contributed by atoms with Gasteiger partial charge in [-0.15, -0.1) is 0 Å². The van der Waals surface area contributed by atoms with Crippen LogP contribution in [0.15, 0.2) is 39.5 Å². The summed E-state index contributed by atoms with van der Waals surface area (Å²) in [5.74, 6) is 1.10. The average molecular weight is 381 g/mol. The molecule has 0 aliphatic carbocycles. The summed E-state index contributed by atoms with van der Waals surface area (Å²) in [5.41, 5.74) is 2.11. The van der Waals surface area contributed by atoms with Gasteiger partial charge in [-0.3, -0.25) is 4.79 Å². The summed E-state index contributed by atoms with van der Waals surface area (Å²) in [7, 11) is 0. The molecule has 0 atom stereocenters. The molecule has 1 aromatic heterocycles. The quantitative estimate of drug-likeness (QED) is 0.675. The summed E-state index contributed by atoms with van der Waals surface area (Å²) in [6, 6.07) is 8.69. The molecule has 0 radical (unpaired) electrons. The van der Waals surface area contributed by atoms with Crippen molar-refractivity contribution in [2.24, 2.45) is 0 Å². The molecule has 4 rings (SSSR count). The number of fused-ring (bicyclic) bond motifs is 2. The Balaban J connectivity index is 1.52.